The lowest BCUT2D eigenvalue weighted by atomic mass is 13.9. The summed E-state index contributed by atoms with van der Waals surface area (Å²) in [6, 6.07) is 0. The molecule has 0 rings (SSSR count). The summed E-state index contributed by atoms with van der Waals surface area (Å²) in [5.41, 5.74) is -3.18. The third-order valence-corrected chi connectivity index (χ3v) is 2.81. The summed E-state index contributed by atoms with van der Waals surface area (Å²) < 4.78 is 21.9. The molecule has 0 aromatic rings. The fourth-order valence-electron chi connectivity index (χ4n) is 0.0868. The maximum Gasteiger partial charge on any atom is 0.318 e. The van der Waals surface area contributed by atoms with Gasteiger partial charge < -0.3 is 4.89 Å². The van der Waals surface area contributed by atoms with Gasteiger partial charge in [0.2, 0.25) is 5.62 Å². The van der Waals surface area contributed by atoms with Crippen molar-refractivity contribution in [2.75, 3.05) is 0 Å². The number of hydrogen-bond acceptors (Lipinski definition) is 3. The van der Waals surface area contributed by atoms with Crippen LogP contribution in [0.5, 0.6) is 0 Å². The molecule has 0 aliphatic rings. The minimum atomic E-state index is -3.18. The summed E-state index contributed by atoms with van der Waals surface area (Å²) in [5, 5.41) is 0. The lowest BCUT2D eigenvalue weighted by Gasteiger charge is -1.89. The maximum absolute atomic E-state index is 9.60. The minimum Gasteiger partial charge on any atom is -0.341 e. The predicted molar refractivity (Wildman–Crippen MR) is 36.8 cm³/mol. The molecule has 4 nitrogen and oxygen atoms in total. The van der Waals surface area contributed by atoms with Crippen LogP contribution in [0.2, 0.25) is 0 Å². The Morgan fingerprint density at radius 3 is 2.12 bits per heavy atom. The van der Waals surface area contributed by atoms with E-state index in [9.17, 15) is 8.42 Å². The molecule has 8 heteroatoms. The van der Waals surface area contributed by atoms with Crippen LogP contribution in [0.4, 0.5) is 0 Å². The van der Waals surface area contributed by atoms with Gasteiger partial charge in [0.05, 0.1) is 0 Å². The van der Waals surface area contributed by atoms with Gasteiger partial charge in [0, 0.05) is 0 Å². The van der Waals surface area contributed by atoms with E-state index in [2.05, 4.69) is 28.2 Å². The fourth-order valence-corrected chi connectivity index (χ4v) is 1.81. The Labute approximate surface area is 57.9 Å². The molecular formula is H2NO3PS3. The average molecular weight is 191 g/mol. The number of thiol groups is 1. The molecule has 0 aromatic carbocycles. The van der Waals surface area contributed by atoms with Crippen molar-refractivity contribution in [3.05, 3.63) is 0 Å². The highest BCUT2D eigenvalue weighted by molar-refractivity contribution is 8.61. The second-order valence-electron chi connectivity index (χ2n) is 0.812. The first kappa shape index (κ1) is 8.58. The predicted octanol–water partition coefficient (Wildman–Crippen LogP) is 0.196. The van der Waals surface area contributed by atoms with E-state index in [0.29, 0.717) is 0 Å². The molecule has 8 heavy (non-hydrogen) atoms. The van der Waals surface area contributed by atoms with Gasteiger partial charge >= 0.3 is 10.5 Å². The largest absolute Gasteiger partial charge is 0.341 e. The van der Waals surface area contributed by atoms with Crippen LogP contribution in [0.25, 0.3) is 0 Å². The number of hydrogen-bond donors (Lipinski definition) is 2. The molecule has 0 aliphatic heterocycles. The van der Waals surface area contributed by atoms with E-state index in [0.717, 1.165) is 0 Å². The standard InChI is InChI=1S/H2NO3PS3/c2-5(6,7)1-8(3)4/h(H2,2,6,7). The molecule has 0 bridgehead atoms. The second kappa shape index (κ2) is 2.93. The van der Waals surface area contributed by atoms with Gasteiger partial charge in [-0.3, -0.25) is 0 Å². The Hall–Kier alpha value is 0.580. The number of rotatable bonds is 1. The van der Waals surface area contributed by atoms with Gasteiger partial charge in [-0.25, -0.2) is 0 Å². The Kier molecular flexibility index (Phi) is 3.14. The van der Waals surface area contributed by atoms with E-state index in [1.165, 1.54) is 0 Å². The summed E-state index contributed by atoms with van der Waals surface area (Å²) in [7, 11) is -2.64. The van der Waals surface area contributed by atoms with E-state index in [4.69, 9.17) is 4.89 Å². The molecule has 0 saturated carbocycles. The molecule has 1 unspecified atom stereocenters. The summed E-state index contributed by atoms with van der Waals surface area (Å²) in [5.74, 6) is 0. The van der Waals surface area contributed by atoms with Crippen LogP contribution in [0.3, 0.4) is 0 Å². The van der Waals surface area contributed by atoms with Crippen molar-refractivity contribution in [1.29, 1.82) is 0 Å². The van der Waals surface area contributed by atoms with Crippen molar-refractivity contribution in [1.82, 2.24) is 0 Å². The van der Waals surface area contributed by atoms with Crippen LogP contribution < -0.4 is 0 Å². The zero-order chi connectivity index (χ0) is 6.78. The maximum atomic E-state index is 9.60. The van der Waals surface area contributed by atoms with Crippen LogP contribution in [-0.4, -0.2) is 13.3 Å². The van der Waals surface area contributed by atoms with E-state index in [-0.39, 0.29) is 0 Å². The molecule has 0 amide bonds. The molecule has 48 valence electrons. The highest BCUT2D eigenvalue weighted by Crippen LogP contribution is 2.47. The normalized spacial score (nSPS) is 16.8. The van der Waals surface area contributed by atoms with Crippen molar-refractivity contribution < 1.29 is 13.3 Å². The second-order valence-corrected chi connectivity index (χ2v) is 6.94. The Morgan fingerprint density at radius 2 is 2.12 bits per heavy atom. The fraction of sp³-hybridized carbons (Fsp3) is 0. The first-order valence-corrected chi connectivity index (χ1v) is 6.19. The lowest BCUT2D eigenvalue weighted by molar-refractivity contribution is 0.619. The highest BCUT2D eigenvalue weighted by atomic mass is 32.9. The first-order chi connectivity index (χ1) is 3.42. The van der Waals surface area contributed by atoms with Crippen molar-refractivity contribution in [3.8, 4) is 0 Å². The van der Waals surface area contributed by atoms with E-state index in [1.807, 2.05) is 0 Å². The first-order valence-electron chi connectivity index (χ1n) is 1.30. The molecule has 0 aromatic heterocycles. The third-order valence-electron chi connectivity index (χ3n) is 0.173. The SMILES string of the molecule is O=S(=O)=NP(O)(=S)S. The van der Waals surface area contributed by atoms with Crippen LogP contribution in [0, 0.1) is 0 Å². The molecule has 0 spiro atoms. The summed E-state index contributed by atoms with van der Waals surface area (Å²) in [4.78, 5) is 8.42. The molecule has 1 atom stereocenters. The van der Waals surface area contributed by atoms with Gasteiger partial charge in [-0.05, 0) is 11.8 Å². The quantitative estimate of drug-likeness (QED) is 0.459. The highest BCUT2D eigenvalue weighted by Gasteiger charge is 2.00. The minimum absolute atomic E-state index is 2.64. The van der Waals surface area contributed by atoms with Gasteiger partial charge in [0.15, 0.2) is 0 Å². The van der Waals surface area contributed by atoms with E-state index >= 15 is 0 Å². The lowest BCUT2D eigenvalue weighted by Crippen LogP contribution is -1.58. The Balaban J connectivity index is 4.62. The summed E-state index contributed by atoms with van der Waals surface area (Å²) in [6.07, 6.45) is 0. The van der Waals surface area contributed by atoms with Crippen LogP contribution in [0.15, 0.2) is 4.13 Å². The van der Waals surface area contributed by atoms with Gasteiger partial charge in [-0.2, -0.15) is 8.42 Å². The Bertz CT molecular complexity index is 223. The number of nitrogens with zero attached hydrogens (tertiary/aromatic N) is 1. The van der Waals surface area contributed by atoms with Crippen molar-refractivity contribution >= 4 is 40.2 Å². The van der Waals surface area contributed by atoms with E-state index < -0.39 is 16.1 Å². The molecule has 1 N–H and O–H groups in total. The monoisotopic (exact) mass is 191 g/mol. The topological polar surface area (TPSA) is 66.7 Å². The van der Waals surface area contributed by atoms with Gasteiger partial charge in [0.25, 0.3) is 0 Å². The van der Waals surface area contributed by atoms with Crippen LogP contribution in [-0.2, 0) is 22.3 Å². The third kappa shape index (κ3) is 6.58. The molecule has 0 aliphatic carbocycles. The van der Waals surface area contributed by atoms with E-state index in [1.54, 1.807) is 0 Å². The van der Waals surface area contributed by atoms with Crippen LogP contribution in [0.1, 0.15) is 0 Å². The molecular weight excluding hydrogens is 189 g/mol. The smallest absolute Gasteiger partial charge is 0.318 e. The summed E-state index contributed by atoms with van der Waals surface area (Å²) in [6.45, 7) is 0. The van der Waals surface area contributed by atoms with Gasteiger partial charge in [0.1, 0.15) is 0 Å². The zero-order valence-electron chi connectivity index (χ0n) is 3.42. The molecule has 0 radical (unpaired) electrons. The van der Waals surface area contributed by atoms with Crippen LogP contribution >= 0.6 is 17.9 Å². The molecule has 0 heterocycles. The van der Waals surface area contributed by atoms with Crippen molar-refractivity contribution in [3.63, 3.8) is 0 Å². The Morgan fingerprint density at radius 1 is 1.75 bits per heavy atom. The van der Waals surface area contributed by atoms with Gasteiger partial charge in [-0.15, -0.1) is 4.13 Å². The average Bonchev–Trinajstić information content (AvgIpc) is 1.21. The molecule has 0 saturated heterocycles. The van der Waals surface area contributed by atoms with Crippen molar-refractivity contribution in [2.24, 2.45) is 4.13 Å². The summed E-state index contributed by atoms with van der Waals surface area (Å²) >= 11 is 7.45. The molecule has 0 fully saturated rings. The van der Waals surface area contributed by atoms with Crippen molar-refractivity contribution in [2.45, 2.75) is 0 Å². The zero-order valence-corrected chi connectivity index (χ0v) is 6.84. The van der Waals surface area contributed by atoms with Gasteiger partial charge in [-0.1, -0.05) is 12.2 Å².